The normalized spacial score (nSPS) is 19.7. The molecule has 1 amide bonds. The SMILES string of the molecule is CC(C)(O)C(C1CC1)N1Cc2cccc(B(O)O)c2C1=O. The first-order chi connectivity index (χ1) is 9.80. The van der Waals surface area contributed by atoms with Crippen molar-refractivity contribution >= 4 is 18.5 Å². The zero-order valence-electron chi connectivity index (χ0n) is 12.3. The molecule has 1 atom stereocenters. The van der Waals surface area contributed by atoms with Crippen LogP contribution in [0.25, 0.3) is 0 Å². The van der Waals surface area contributed by atoms with E-state index in [1.165, 1.54) is 0 Å². The maximum atomic E-state index is 12.7. The van der Waals surface area contributed by atoms with E-state index in [1.807, 2.05) is 6.07 Å². The molecule has 1 aromatic carbocycles. The Morgan fingerprint density at radius 2 is 2.00 bits per heavy atom. The lowest BCUT2D eigenvalue weighted by Gasteiger charge is -2.37. The Kier molecular flexibility index (Phi) is 3.35. The minimum Gasteiger partial charge on any atom is -0.423 e. The molecule has 1 heterocycles. The van der Waals surface area contributed by atoms with Gasteiger partial charge >= 0.3 is 7.12 Å². The van der Waals surface area contributed by atoms with E-state index in [1.54, 1.807) is 30.9 Å². The van der Waals surface area contributed by atoms with Crippen LogP contribution in [0.1, 0.15) is 42.6 Å². The lowest BCUT2D eigenvalue weighted by molar-refractivity contribution is -0.0223. The zero-order chi connectivity index (χ0) is 15.4. The number of aliphatic hydroxyl groups is 1. The second-order valence-corrected chi connectivity index (χ2v) is 6.62. The van der Waals surface area contributed by atoms with Gasteiger partial charge in [-0.2, -0.15) is 0 Å². The van der Waals surface area contributed by atoms with E-state index in [0.717, 1.165) is 18.4 Å². The van der Waals surface area contributed by atoms with Gasteiger partial charge < -0.3 is 20.1 Å². The molecule has 3 N–H and O–H groups in total. The Morgan fingerprint density at radius 1 is 1.33 bits per heavy atom. The average molecular weight is 289 g/mol. The molecule has 2 aliphatic rings. The standard InChI is InChI=1S/C15H20BNO4/c1-15(2,19)13(9-6-7-9)17-8-10-4-3-5-11(16(20)21)12(10)14(17)18/h3-5,9,13,19-21H,6-8H2,1-2H3. The molecule has 21 heavy (non-hydrogen) atoms. The maximum Gasteiger partial charge on any atom is 0.489 e. The quantitative estimate of drug-likeness (QED) is 0.675. The van der Waals surface area contributed by atoms with E-state index in [4.69, 9.17) is 0 Å². The molecule has 0 radical (unpaired) electrons. The smallest absolute Gasteiger partial charge is 0.423 e. The Hall–Kier alpha value is -1.37. The van der Waals surface area contributed by atoms with Crippen LogP contribution in [0.2, 0.25) is 0 Å². The third-order valence-corrected chi connectivity index (χ3v) is 4.40. The number of amides is 1. The lowest BCUT2D eigenvalue weighted by atomic mass is 9.76. The molecule has 1 fully saturated rings. The molecule has 1 aromatic rings. The van der Waals surface area contributed by atoms with Crippen molar-refractivity contribution in [3.8, 4) is 0 Å². The van der Waals surface area contributed by atoms with Crippen molar-refractivity contribution in [3.63, 3.8) is 0 Å². The first-order valence-electron chi connectivity index (χ1n) is 7.32. The van der Waals surface area contributed by atoms with Crippen molar-refractivity contribution in [2.45, 2.75) is 44.9 Å². The number of carbonyl (C=O) groups excluding carboxylic acids is 1. The highest BCUT2D eigenvalue weighted by Gasteiger charge is 2.48. The molecule has 3 rings (SSSR count). The molecule has 1 saturated carbocycles. The van der Waals surface area contributed by atoms with Crippen LogP contribution in [-0.4, -0.2) is 44.7 Å². The van der Waals surface area contributed by atoms with Gasteiger partial charge in [-0.15, -0.1) is 0 Å². The third kappa shape index (κ3) is 2.48. The number of carbonyl (C=O) groups is 1. The second-order valence-electron chi connectivity index (χ2n) is 6.62. The highest BCUT2D eigenvalue weighted by molar-refractivity contribution is 6.60. The van der Waals surface area contributed by atoms with E-state index in [9.17, 15) is 19.9 Å². The molecule has 0 bridgehead atoms. The van der Waals surface area contributed by atoms with Crippen molar-refractivity contribution in [1.82, 2.24) is 4.90 Å². The van der Waals surface area contributed by atoms with Gasteiger partial charge in [0, 0.05) is 12.1 Å². The van der Waals surface area contributed by atoms with Gasteiger partial charge in [-0.05, 0) is 43.6 Å². The maximum absolute atomic E-state index is 12.7. The van der Waals surface area contributed by atoms with Crippen LogP contribution in [0.5, 0.6) is 0 Å². The number of rotatable bonds is 4. The predicted octanol–water partition coefficient (Wildman–Crippen LogP) is -0.128. The summed E-state index contributed by atoms with van der Waals surface area (Å²) in [5.74, 6) is 0.110. The Morgan fingerprint density at radius 3 is 2.52 bits per heavy atom. The topological polar surface area (TPSA) is 81.0 Å². The van der Waals surface area contributed by atoms with Crippen LogP contribution in [0.3, 0.4) is 0 Å². The monoisotopic (exact) mass is 289 g/mol. The van der Waals surface area contributed by atoms with Gasteiger partial charge in [0.25, 0.3) is 5.91 Å². The van der Waals surface area contributed by atoms with Gasteiger partial charge in [0.1, 0.15) is 0 Å². The fourth-order valence-corrected chi connectivity index (χ4v) is 3.48. The number of fused-ring (bicyclic) bond motifs is 1. The molecule has 1 aliphatic heterocycles. The Balaban J connectivity index is 1.98. The summed E-state index contributed by atoms with van der Waals surface area (Å²) in [6.45, 7) is 3.88. The van der Waals surface area contributed by atoms with Crippen molar-refractivity contribution in [2.75, 3.05) is 0 Å². The molecule has 1 unspecified atom stereocenters. The highest BCUT2D eigenvalue weighted by Crippen LogP contribution is 2.42. The largest absolute Gasteiger partial charge is 0.489 e. The summed E-state index contributed by atoms with van der Waals surface area (Å²) in [6, 6.07) is 4.87. The molecular formula is C15H20BNO4. The third-order valence-electron chi connectivity index (χ3n) is 4.40. The highest BCUT2D eigenvalue weighted by atomic mass is 16.4. The average Bonchev–Trinajstić information content (AvgIpc) is 3.14. The summed E-state index contributed by atoms with van der Waals surface area (Å²) >= 11 is 0. The Labute approximate surface area is 124 Å². The minimum atomic E-state index is -1.66. The molecule has 5 nitrogen and oxygen atoms in total. The fraction of sp³-hybridized carbons (Fsp3) is 0.533. The van der Waals surface area contributed by atoms with Crippen LogP contribution in [-0.2, 0) is 6.54 Å². The van der Waals surface area contributed by atoms with E-state index in [0.29, 0.717) is 18.0 Å². The van der Waals surface area contributed by atoms with E-state index >= 15 is 0 Å². The Bertz CT molecular complexity index is 578. The summed E-state index contributed by atoms with van der Waals surface area (Å²) in [6.07, 6.45) is 2.04. The van der Waals surface area contributed by atoms with E-state index in [-0.39, 0.29) is 17.4 Å². The number of hydrogen-bond acceptors (Lipinski definition) is 4. The summed E-state index contributed by atoms with van der Waals surface area (Å²) in [5.41, 5.74) is 0.435. The van der Waals surface area contributed by atoms with Crippen LogP contribution >= 0.6 is 0 Å². The zero-order valence-corrected chi connectivity index (χ0v) is 12.3. The molecule has 0 saturated heterocycles. The van der Waals surface area contributed by atoms with E-state index in [2.05, 4.69) is 0 Å². The van der Waals surface area contributed by atoms with Crippen LogP contribution in [0.4, 0.5) is 0 Å². The van der Waals surface area contributed by atoms with Gasteiger partial charge in [0.2, 0.25) is 0 Å². The van der Waals surface area contributed by atoms with Crippen LogP contribution < -0.4 is 5.46 Å². The van der Waals surface area contributed by atoms with Gasteiger partial charge in [-0.25, -0.2) is 0 Å². The van der Waals surface area contributed by atoms with Gasteiger partial charge in [0.15, 0.2) is 0 Å². The van der Waals surface area contributed by atoms with Crippen molar-refractivity contribution in [3.05, 3.63) is 29.3 Å². The molecule has 6 heteroatoms. The summed E-state index contributed by atoms with van der Waals surface area (Å²) in [7, 11) is -1.66. The van der Waals surface area contributed by atoms with Gasteiger partial charge in [0.05, 0.1) is 11.6 Å². The van der Waals surface area contributed by atoms with Crippen molar-refractivity contribution in [2.24, 2.45) is 5.92 Å². The second kappa shape index (κ2) is 4.83. The minimum absolute atomic E-state index is 0.215. The van der Waals surface area contributed by atoms with Crippen LogP contribution in [0, 0.1) is 5.92 Å². The summed E-state index contributed by atoms with van der Waals surface area (Å²) in [4.78, 5) is 14.4. The molecule has 1 aliphatic carbocycles. The molecular weight excluding hydrogens is 269 g/mol. The number of hydrogen-bond donors (Lipinski definition) is 3. The van der Waals surface area contributed by atoms with Gasteiger partial charge in [-0.1, -0.05) is 18.2 Å². The number of benzene rings is 1. The van der Waals surface area contributed by atoms with Crippen LogP contribution in [0.15, 0.2) is 18.2 Å². The summed E-state index contributed by atoms with van der Waals surface area (Å²) in [5, 5.41) is 29.3. The van der Waals surface area contributed by atoms with E-state index < -0.39 is 12.7 Å². The van der Waals surface area contributed by atoms with Crippen molar-refractivity contribution in [1.29, 1.82) is 0 Å². The molecule has 0 aromatic heterocycles. The first-order valence-corrected chi connectivity index (χ1v) is 7.32. The number of nitrogens with zero attached hydrogens (tertiary/aromatic N) is 1. The summed E-state index contributed by atoms with van der Waals surface area (Å²) < 4.78 is 0. The lowest BCUT2D eigenvalue weighted by Crippen LogP contribution is -2.51. The fourth-order valence-electron chi connectivity index (χ4n) is 3.48. The molecule has 112 valence electrons. The van der Waals surface area contributed by atoms with Gasteiger partial charge in [-0.3, -0.25) is 4.79 Å². The molecule has 0 spiro atoms. The van der Waals surface area contributed by atoms with Crippen molar-refractivity contribution < 1.29 is 19.9 Å². The first kappa shape index (κ1) is 14.6. The predicted molar refractivity (Wildman–Crippen MR) is 79.0 cm³/mol.